The predicted octanol–water partition coefficient (Wildman–Crippen LogP) is 1.05. The molecule has 0 bridgehead atoms. The van der Waals surface area contributed by atoms with Gasteiger partial charge in [0, 0.05) is 27.7 Å². The van der Waals surface area contributed by atoms with Gasteiger partial charge in [-0.05, 0) is 13.8 Å². The van der Waals surface area contributed by atoms with Crippen molar-refractivity contribution in [3.63, 3.8) is 0 Å². The zero-order valence-electron chi connectivity index (χ0n) is 17.5. The molecular weight excluding hydrogens is 388 g/mol. The van der Waals surface area contributed by atoms with Crippen LogP contribution in [0.3, 0.4) is 0 Å². The zero-order chi connectivity index (χ0) is 22.4. The fourth-order valence-corrected chi connectivity index (χ4v) is 2.63. The molecule has 0 aliphatic carbocycles. The highest BCUT2D eigenvalue weighted by atomic mass is 16.7. The van der Waals surface area contributed by atoms with Gasteiger partial charge in [0.25, 0.3) is 0 Å². The molecule has 0 saturated carbocycles. The summed E-state index contributed by atoms with van der Waals surface area (Å²) in [4.78, 5) is 46.3. The van der Waals surface area contributed by atoms with E-state index in [1.165, 1.54) is 13.0 Å². The highest BCUT2D eigenvalue weighted by Gasteiger charge is 2.53. The Kier molecular flexibility index (Phi) is 8.78. The molecule has 1 aliphatic heterocycles. The lowest BCUT2D eigenvalue weighted by Gasteiger charge is -2.45. The monoisotopic (exact) mass is 416 g/mol. The summed E-state index contributed by atoms with van der Waals surface area (Å²) in [7, 11) is 0. The number of rotatable bonds is 8. The summed E-state index contributed by atoms with van der Waals surface area (Å²) in [5, 5.41) is 0. The molecule has 0 radical (unpaired) electrons. The first kappa shape index (κ1) is 24.6. The Morgan fingerprint density at radius 3 is 1.79 bits per heavy atom. The number of hydrogen-bond donors (Lipinski definition) is 0. The third-order valence-electron chi connectivity index (χ3n) is 3.86. The van der Waals surface area contributed by atoms with Crippen molar-refractivity contribution in [2.75, 3.05) is 6.61 Å². The number of hydrogen-bond acceptors (Lipinski definition) is 10. The second-order valence-electron chi connectivity index (χ2n) is 6.99. The van der Waals surface area contributed by atoms with Gasteiger partial charge in [0.1, 0.15) is 12.7 Å². The maximum Gasteiger partial charge on any atom is 0.303 e. The van der Waals surface area contributed by atoms with E-state index >= 15 is 0 Å². The first-order valence-corrected chi connectivity index (χ1v) is 8.98. The maximum atomic E-state index is 11.7. The van der Waals surface area contributed by atoms with Crippen LogP contribution in [0, 0.1) is 0 Å². The van der Waals surface area contributed by atoms with Crippen LogP contribution in [0.25, 0.3) is 0 Å². The number of carbonyl (C=O) groups is 4. The van der Waals surface area contributed by atoms with Gasteiger partial charge in [-0.15, -0.1) is 6.58 Å². The van der Waals surface area contributed by atoms with E-state index < -0.39 is 60.2 Å². The first-order chi connectivity index (χ1) is 13.4. The average molecular weight is 416 g/mol. The fourth-order valence-electron chi connectivity index (χ4n) is 2.63. The third kappa shape index (κ3) is 7.82. The molecule has 1 fully saturated rings. The summed E-state index contributed by atoms with van der Waals surface area (Å²) in [6, 6.07) is 0. The minimum Gasteiger partial charge on any atom is -0.463 e. The minimum atomic E-state index is -1.26. The van der Waals surface area contributed by atoms with Crippen LogP contribution >= 0.6 is 0 Å². The van der Waals surface area contributed by atoms with E-state index in [-0.39, 0.29) is 6.61 Å². The lowest BCUT2D eigenvalue weighted by atomic mass is 9.97. The molecule has 0 amide bonds. The lowest BCUT2D eigenvalue weighted by molar-refractivity contribution is -0.322. The Bertz CT molecular complexity index is 641. The molecule has 0 aromatic rings. The summed E-state index contributed by atoms with van der Waals surface area (Å²) in [5.41, 5.74) is -0.913. The van der Waals surface area contributed by atoms with Gasteiger partial charge < -0.3 is 28.4 Å². The van der Waals surface area contributed by atoms with E-state index in [1.807, 2.05) is 0 Å². The van der Waals surface area contributed by atoms with E-state index in [4.69, 9.17) is 28.4 Å². The van der Waals surface area contributed by atoms with Crippen molar-refractivity contribution in [2.45, 2.75) is 77.8 Å². The van der Waals surface area contributed by atoms with Gasteiger partial charge in [-0.3, -0.25) is 19.2 Å². The van der Waals surface area contributed by atoms with Gasteiger partial charge in [0.15, 0.2) is 24.6 Å². The normalized spacial score (nSPS) is 26.8. The Morgan fingerprint density at radius 1 is 0.862 bits per heavy atom. The van der Waals surface area contributed by atoms with Crippen molar-refractivity contribution >= 4 is 23.9 Å². The van der Waals surface area contributed by atoms with Gasteiger partial charge >= 0.3 is 23.9 Å². The molecule has 0 spiro atoms. The van der Waals surface area contributed by atoms with Gasteiger partial charge in [0.05, 0.1) is 5.60 Å². The second-order valence-corrected chi connectivity index (χ2v) is 6.99. The Labute approximate surface area is 169 Å². The first-order valence-electron chi connectivity index (χ1n) is 8.98. The van der Waals surface area contributed by atoms with Crippen molar-refractivity contribution in [1.29, 1.82) is 0 Å². The van der Waals surface area contributed by atoms with Crippen molar-refractivity contribution in [3.8, 4) is 0 Å². The molecule has 0 aromatic heterocycles. The topological polar surface area (TPSA) is 124 Å². The highest BCUT2D eigenvalue weighted by Crippen LogP contribution is 2.32. The van der Waals surface area contributed by atoms with E-state index in [1.54, 1.807) is 13.8 Å². The fraction of sp³-hybridized carbons (Fsp3) is 0.684. The average Bonchev–Trinajstić information content (AvgIpc) is 2.57. The summed E-state index contributed by atoms with van der Waals surface area (Å²) < 4.78 is 32.5. The number of esters is 4. The zero-order valence-corrected chi connectivity index (χ0v) is 17.5. The van der Waals surface area contributed by atoms with Crippen molar-refractivity contribution in [2.24, 2.45) is 0 Å². The summed E-state index contributed by atoms with van der Waals surface area (Å²) in [6.45, 7) is 11.4. The van der Waals surface area contributed by atoms with Crippen LogP contribution in [0.4, 0.5) is 0 Å². The molecule has 1 rings (SSSR count). The van der Waals surface area contributed by atoms with Crippen molar-refractivity contribution in [1.82, 2.24) is 0 Å². The molecule has 29 heavy (non-hydrogen) atoms. The highest BCUT2D eigenvalue weighted by molar-refractivity contribution is 5.68. The minimum absolute atomic E-state index is 0.313. The van der Waals surface area contributed by atoms with Gasteiger partial charge in [0.2, 0.25) is 0 Å². The summed E-state index contributed by atoms with van der Waals surface area (Å²) in [5.74, 6) is -2.69. The van der Waals surface area contributed by atoms with Crippen LogP contribution in [-0.4, -0.2) is 66.8 Å². The molecule has 10 heteroatoms. The van der Waals surface area contributed by atoms with E-state index in [2.05, 4.69) is 6.58 Å². The quantitative estimate of drug-likeness (QED) is 0.322. The summed E-state index contributed by atoms with van der Waals surface area (Å²) >= 11 is 0. The molecule has 1 aliphatic rings. The molecule has 1 saturated heterocycles. The van der Waals surface area contributed by atoms with E-state index in [0.717, 1.165) is 20.8 Å². The number of carbonyl (C=O) groups excluding carboxylic acids is 4. The SMILES string of the molecule is C=CC(C)(C)O[C@@H]1O[C@H](COC(C)=O)[C@@H](OC(C)=O)[C@H](OC(C)=O)[C@H]1OC(C)=O. The maximum absolute atomic E-state index is 11.7. The molecule has 0 N–H and O–H groups in total. The predicted molar refractivity (Wildman–Crippen MR) is 97.3 cm³/mol. The standard InChI is InChI=1S/C19H28O10/c1-8-19(6,7)29-18-17(27-13(5)23)16(26-12(4)22)15(25-11(3)21)14(28-18)9-24-10(2)20/h8,14-18H,1,9H2,2-7H3/t14-,15-,16+,17-,18+/m1/s1. The van der Waals surface area contributed by atoms with Crippen LogP contribution in [0.5, 0.6) is 0 Å². The smallest absolute Gasteiger partial charge is 0.303 e. The van der Waals surface area contributed by atoms with Crippen LogP contribution in [-0.2, 0) is 47.6 Å². The molecule has 0 unspecified atom stereocenters. The molecule has 164 valence electrons. The molecule has 5 atom stereocenters. The van der Waals surface area contributed by atoms with Crippen molar-refractivity contribution < 1.29 is 47.6 Å². The molecule has 10 nitrogen and oxygen atoms in total. The van der Waals surface area contributed by atoms with E-state index in [0.29, 0.717) is 0 Å². The second kappa shape index (κ2) is 10.4. The molecular formula is C19H28O10. The Hall–Kier alpha value is -2.46. The summed E-state index contributed by atoms with van der Waals surface area (Å²) in [6.07, 6.45) is -4.52. The van der Waals surface area contributed by atoms with Crippen LogP contribution in [0.2, 0.25) is 0 Å². The van der Waals surface area contributed by atoms with Crippen molar-refractivity contribution in [3.05, 3.63) is 12.7 Å². The number of ether oxygens (including phenoxy) is 6. The van der Waals surface area contributed by atoms with Crippen LogP contribution < -0.4 is 0 Å². The molecule has 0 aromatic carbocycles. The largest absolute Gasteiger partial charge is 0.463 e. The lowest BCUT2D eigenvalue weighted by Crippen LogP contribution is -2.63. The van der Waals surface area contributed by atoms with Crippen LogP contribution in [0.1, 0.15) is 41.5 Å². The third-order valence-corrected chi connectivity index (χ3v) is 3.86. The Balaban J connectivity index is 3.37. The molecule has 1 heterocycles. The van der Waals surface area contributed by atoms with Gasteiger partial charge in [-0.25, -0.2) is 0 Å². The Morgan fingerprint density at radius 2 is 1.34 bits per heavy atom. The van der Waals surface area contributed by atoms with Gasteiger partial charge in [-0.2, -0.15) is 0 Å². The van der Waals surface area contributed by atoms with Gasteiger partial charge in [-0.1, -0.05) is 6.08 Å². The van der Waals surface area contributed by atoms with E-state index in [9.17, 15) is 19.2 Å². The van der Waals surface area contributed by atoms with Crippen LogP contribution in [0.15, 0.2) is 12.7 Å².